The molecule has 0 saturated carbocycles. The summed E-state index contributed by atoms with van der Waals surface area (Å²) >= 11 is 0. The zero-order chi connectivity index (χ0) is 99.9. The molecule has 0 saturated heterocycles. The van der Waals surface area contributed by atoms with E-state index in [0.717, 1.165) is 19.8 Å². The van der Waals surface area contributed by atoms with Crippen LogP contribution < -0.4 is 0 Å². The fraction of sp³-hybridized carbons (Fsp3) is 1.00. The third-order valence-corrected chi connectivity index (χ3v) is 24.2. The number of unbranched alkanes of at least 4 members (excludes halogenated alkanes) is 48. The van der Waals surface area contributed by atoms with Gasteiger partial charge < -0.3 is 14.2 Å². The van der Waals surface area contributed by atoms with Gasteiger partial charge in [-0.1, -0.05) is 562 Å². The first-order chi connectivity index (χ1) is 58.4. The Hall–Kier alpha value is -0.120. The van der Waals surface area contributed by atoms with Gasteiger partial charge in [-0.05, 0) is 212 Å². The minimum Gasteiger partial charge on any atom is -0.376 e. The van der Waals surface area contributed by atoms with Gasteiger partial charge in [0.05, 0.1) is 16.8 Å². The minimum absolute atomic E-state index is 0.0344. The fourth-order valence-electron chi connectivity index (χ4n) is 15.9. The van der Waals surface area contributed by atoms with Crippen molar-refractivity contribution in [2.45, 2.75) is 731 Å². The molecule has 0 aromatic rings. The van der Waals surface area contributed by atoms with E-state index in [1.807, 2.05) is 0 Å². The molecule has 0 rings (SSSR count). The van der Waals surface area contributed by atoms with Crippen LogP contribution in [0.4, 0.5) is 0 Å². The molecule has 3 heteroatoms. The van der Waals surface area contributed by atoms with E-state index in [-0.39, 0.29) is 16.8 Å². The molecule has 0 aromatic heterocycles. The van der Waals surface area contributed by atoms with Gasteiger partial charge in [0.2, 0.25) is 0 Å². The first-order valence-electron chi connectivity index (χ1n) is 57.4. The van der Waals surface area contributed by atoms with Crippen LogP contribution in [0.15, 0.2) is 0 Å². The molecule has 0 atom stereocenters. The van der Waals surface area contributed by atoms with Crippen LogP contribution in [0.3, 0.4) is 0 Å². The van der Waals surface area contributed by atoms with E-state index in [1.165, 1.54) is 424 Å². The zero-order valence-electron chi connectivity index (χ0n) is 99.0. The van der Waals surface area contributed by atoms with Gasteiger partial charge in [-0.25, -0.2) is 0 Å². The van der Waals surface area contributed by atoms with Gasteiger partial charge in [-0.3, -0.25) is 0 Å². The van der Waals surface area contributed by atoms with Crippen molar-refractivity contribution in [3.05, 3.63) is 0 Å². The lowest BCUT2D eigenvalue weighted by atomic mass is 9.88. The summed E-state index contributed by atoms with van der Waals surface area (Å²) in [4.78, 5) is 0. The molecule has 0 amide bonds. The van der Waals surface area contributed by atoms with Crippen molar-refractivity contribution in [3.8, 4) is 0 Å². The van der Waals surface area contributed by atoms with Gasteiger partial charge in [0, 0.05) is 19.8 Å². The van der Waals surface area contributed by atoms with Crippen molar-refractivity contribution >= 4 is 0 Å². The molecule has 0 aliphatic rings. The number of rotatable bonds is 65. The monoisotopic (exact) mass is 1810 g/mol. The van der Waals surface area contributed by atoms with Crippen molar-refractivity contribution in [1.29, 1.82) is 0 Å². The predicted octanol–water partition coefficient (Wildman–Crippen LogP) is 46.6. The van der Waals surface area contributed by atoms with Crippen molar-refractivity contribution in [2.75, 3.05) is 19.8 Å². The molecule has 0 aliphatic heterocycles. The van der Waals surface area contributed by atoms with Gasteiger partial charge in [0.25, 0.3) is 0 Å². The summed E-state index contributed by atoms with van der Waals surface area (Å²) < 4.78 is 17.1. The largest absolute Gasteiger partial charge is 0.376 e. The SMILES string of the molecule is CC(C)(C)CCCCCCCCCC(C)(C)C.CC(C)(C)CCCCCCCCCCC(C)(C)C.CC(C)(C)CCCCCCCCCCCC(C)(C)C.CC(C)(C)CCCCCCCCCCCCC(C)(C)C.CC(C)(C)CCCCCCCCCCOC(C)(C)C.CC(C)(C)CCCCCCCCCOC(C)(C)C.CC(C)(C)CCCCCCCCOC(C)(C)C. The Kier molecular flexibility index (Phi) is 91.1. The molecule has 0 spiro atoms. The molecule has 0 heterocycles. The van der Waals surface area contributed by atoms with Crippen LogP contribution in [-0.4, -0.2) is 36.6 Å². The summed E-state index contributed by atoms with van der Waals surface area (Å²) in [5, 5.41) is 0. The lowest BCUT2D eigenvalue weighted by molar-refractivity contribution is -0.00511. The molecule has 0 fully saturated rings. The van der Waals surface area contributed by atoms with E-state index in [9.17, 15) is 0 Å². The standard InChI is InChI=1S/C20H42.C19H40.C18H38O.C18H38.C17H36O.C17H36.C16H34O/c1-19(2,3)17-15-13-11-9-7-8-10-12-14-16-18-20(4,5)6;1-18(2,3)16-14-12-10-8-7-9-11-13-15-17-19(4,5)6;1-17(2,3)15-13-11-9-7-8-10-12-14-16-19-18(4,5)6;1-17(2,3)15-13-11-9-7-8-10-12-14-16-18(4,5)6;1-16(2,3)14-12-10-8-7-9-11-13-15-18-17(4,5)6;1-16(2,3)14-12-10-8-7-9-11-13-15-17(4,5)6;1-15(2,3)13-11-9-7-8-10-12-14-17-16(4,5)6/h7-18H2,1-6H3;7-17H2,1-6H3;7-16H2,1-6H3;7-16H2,1-6H3;7-15H2,1-6H3;7-15H2,1-6H3;7-14H2,1-6H3. The van der Waals surface area contributed by atoms with Crippen molar-refractivity contribution in [2.24, 2.45) is 59.6 Å². The molecule has 0 radical (unpaired) electrons. The molecule has 0 bridgehead atoms. The highest BCUT2D eigenvalue weighted by atomic mass is 16.5. The van der Waals surface area contributed by atoms with Crippen LogP contribution in [0.25, 0.3) is 0 Å². The maximum atomic E-state index is 5.72. The molecule has 0 unspecified atom stereocenters. The third-order valence-electron chi connectivity index (χ3n) is 24.2. The van der Waals surface area contributed by atoms with Gasteiger partial charge in [0.15, 0.2) is 0 Å². The molecule has 128 heavy (non-hydrogen) atoms. The normalized spacial score (nSPS) is 13.0. The highest BCUT2D eigenvalue weighted by Crippen LogP contribution is 2.32. The quantitative estimate of drug-likeness (QED) is 0.0568. The second-order valence-electron chi connectivity index (χ2n) is 57.7. The number of ether oxygens (including phenoxy) is 3. The van der Waals surface area contributed by atoms with Crippen LogP contribution in [0.1, 0.15) is 715 Å². The van der Waals surface area contributed by atoms with E-state index in [0.29, 0.717) is 59.6 Å². The van der Waals surface area contributed by atoms with Crippen LogP contribution >= 0.6 is 0 Å². The van der Waals surface area contributed by atoms with Crippen LogP contribution in [0, 0.1) is 59.6 Å². The number of hydrogen-bond acceptors (Lipinski definition) is 3. The zero-order valence-corrected chi connectivity index (χ0v) is 99.0. The molecule has 0 aliphatic carbocycles. The van der Waals surface area contributed by atoms with Crippen molar-refractivity contribution in [1.82, 2.24) is 0 Å². The average Bonchev–Trinajstić information content (AvgIpc) is 0.992. The summed E-state index contributed by atoms with van der Waals surface area (Å²) in [6.45, 7) is 99.3. The highest BCUT2D eigenvalue weighted by Gasteiger charge is 2.19. The van der Waals surface area contributed by atoms with E-state index < -0.39 is 0 Å². The van der Waals surface area contributed by atoms with Crippen LogP contribution in [-0.2, 0) is 14.2 Å². The molecular weight excluding hydrogens is 1550 g/mol. The summed E-state index contributed by atoms with van der Waals surface area (Å²) in [6, 6.07) is 0. The van der Waals surface area contributed by atoms with E-state index in [1.54, 1.807) is 0 Å². The van der Waals surface area contributed by atoms with Crippen molar-refractivity contribution in [3.63, 3.8) is 0 Å². The second-order valence-corrected chi connectivity index (χ2v) is 57.7. The Balaban J connectivity index is -0.000000267. The van der Waals surface area contributed by atoms with E-state index in [2.05, 4.69) is 291 Å². The Morgan fingerprint density at radius 1 is 0.0859 bits per heavy atom. The average molecular weight is 1820 g/mol. The summed E-state index contributed by atoms with van der Waals surface area (Å²) in [7, 11) is 0. The van der Waals surface area contributed by atoms with Gasteiger partial charge in [-0.2, -0.15) is 0 Å². The van der Waals surface area contributed by atoms with Crippen LogP contribution in [0.5, 0.6) is 0 Å². The molecule has 0 N–H and O–H groups in total. The number of hydrogen-bond donors (Lipinski definition) is 0. The third kappa shape index (κ3) is 172. The molecular formula is C125H264O3. The summed E-state index contributed by atoms with van der Waals surface area (Å²) in [6.07, 6.45) is 93.1. The Morgan fingerprint density at radius 3 is 0.211 bits per heavy atom. The molecule has 782 valence electrons. The Labute approximate surface area is 819 Å². The minimum atomic E-state index is 0.0344. The first kappa shape index (κ1) is 141. The van der Waals surface area contributed by atoms with Crippen LogP contribution in [0.2, 0.25) is 0 Å². The topological polar surface area (TPSA) is 27.7 Å². The smallest absolute Gasteiger partial charge is 0.0598 e. The fourth-order valence-corrected chi connectivity index (χ4v) is 15.9. The molecule has 3 nitrogen and oxygen atoms in total. The summed E-state index contributed by atoms with van der Waals surface area (Å²) in [5.74, 6) is 0. The second kappa shape index (κ2) is 82.7. The van der Waals surface area contributed by atoms with Gasteiger partial charge >= 0.3 is 0 Å². The first-order valence-corrected chi connectivity index (χ1v) is 57.4. The van der Waals surface area contributed by atoms with E-state index in [4.69, 9.17) is 14.2 Å². The van der Waals surface area contributed by atoms with Gasteiger partial charge in [-0.15, -0.1) is 0 Å². The Morgan fingerprint density at radius 2 is 0.148 bits per heavy atom. The van der Waals surface area contributed by atoms with Gasteiger partial charge in [0.1, 0.15) is 0 Å². The van der Waals surface area contributed by atoms with Crippen molar-refractivity contribution < 1.29 is 14.2 Å². The maximum Gasteiger partial charge on any atom is 0.0598 e. The maximum absolute atomic E-state index is 5.72. The Bertz CT molecular complexity index is 1880. The summed E-state index contributed by atoms with van der Waals surface area (Å²) in [5.41, 5.74) is 5.93. The lowest BCUT2D eigenvalue weighted by Crippen LogP contribution is -2.19. The highest BCUT2D eigenvalue weighted by molar-refractivity contribution is 4.71. The predicted molar refractivity (Wildman–Crippen MR) is 596 cm³/mol. The van der Waals surface area contributed by atoms with E-state index >= 15 is 0 Å². The molecule has 0 aromatic carbocycles. The lowest BCUT2D eigenvalue weighted by Gasteiger charge is -2.19.